The van der Waals surface area contributed by atoms with Gasteiger partial charge in [0, 0.05) is 43.9 Å². The number of aromatic hydroxyl groups is 1. The minimum Gasteiger partial charge on any atom is -0.505 e. The Labute approximate surface area is 215 Å². The highest BCUT2D eigenvalue weighted by atomic mass is 19.1. The number of aromatic amines is 1. The summed E-state index contributed by atoms with van der Waals surface area (Å²) in [4.78, 5) is 15.1. The van der Waals surface area contributed by atoms with Crippen LogP contribution in [0.3, 0.4) is 0 Å². The van der Waals surface area contributed by atoms with Crippen molar-refractivity contribution in [3.8, 4) is 11.8 Å². The van der Waals surface area contributed by atoms with Crippen LogP contribution in [-0.4, -0.2) is 37.5 Å². The Balaban J connectivity index is 1.14. The quantitative estimate of drug-likeness (QED) is 0.421. The van der Waals surface area contributed by atoms with E-state index in [1.807, 2.05) is 19.1 Å². The first-order valence-electron chi connectivity index (χ1n) is 13.2. The van der Waals surface area contributed by atoms with Gasteiger partial charge in [0.05, 0.1) is 17.4 Å². The third kappa shape index (κ3) is 4.50. The van der Waals surface area contributed by atoms with E-state index in [-0.39, 0.29) is 23.8 Å². The van der Waals surface area contributed by atoms with E-state index in [2.05, 4.69) is 31.8 Å². The van der Waals surface area contributed by atoms with E-state index in [1.54, 1.807) is 12.3 Å². The number of pyridine rings is 1. The van der Waals surface area contributed by atoms with Gasteiger partial charge in [0.2, 0.25) is 0 Å². The number of fused-ring (bicyclic) bond motifs is 2. The molecule has 6 rings (SSSR count). The molecule has 0 spiro atoms. The summed E-state index contributed by atoms with van der Waals surface area (Å²) in [6, 6.07) is 9.56. The maximum atomic E-state index is 14.2. The molecule has 0 amide bonds. The van der Waals surface area contributed by atoms with E-state index < -0.39 is 5.82 Å². The Morgan fingerprint density at radius 2 is 2.14 bits per heavy atom. The average molecular weight is 502 g/mol. The second-order valence-corrected chi connectivity index (χ2v) is 10.5. The predicted molar refractivity (Wildman–Crippen MR) is 136 cm³/mol. The van der Waals surface area contributed by atoms with Crippen LogP contribution < -0.4 is 10.9 Å². The Morgan fingerprint density at radius 1 is 1.24 bits per heavy atom. The Hall–Kier alpha value is -3.32. The number of rotatable bonds is 5. The average Bonchev–Trinajstić information content (AvgIpc) is 3.53. The largest absolute Gasteiger partial charge is 0.505 e. The van der Waals surface area contributed by atoms with Crippen LogP contribution in [0, 0.1) is 23.1 Å². The van der Waals surface area contributed by atoms with Crippen LogP contribution in [0.4, 0.5) is 4.39 Å². The lowest BCUT2D eigenvalue weighted by molar-refractivity contribution is 0.241. The maximum absolute atomic E-state index is 14.2. The van der Waals surface area contributed by atoms with Crippen LogP contribution in [0.1, 0.15) is 77.7 Å². The van der Waals surface area contributed by atoms with Crippen LogP contribution in [0.25, 0.3) is 0 Å². The van der Waals surface area contributed by atoms with Crippen LogP contribution >= 0.6 is 0 Å². The van der Waals surface area contributed by atoms with Gasteiger partial charge in [0.15, 0.2) is 11.6 Å². The van der Waals surface area contributed by atoms with Crippen LogP contribution in [-0.2, 0) is 25.9 Å². The standard InChI is InChI=1S/C28H32FN7O/c1-2-16-11-26(37)21(29)12-20(16)17-5-6-19-23(10-17)34-35-27(19)28-32-22-7-9-36(15-25(22)33-28)14-18-4-3-8-31-24(18)13-30/h3-4,8,11-12,17,19,23,27,34-35,37H,2,5-7,9-10,14-15H2,1H3,(H,32,33). The highest BCUT2D eigenvalue weighted by molar-refractivity contribution is 5.39. The van der Waals surface area contributed by atoms with Crippen molar-refractivity contribution in [1.82, 2.24) is 30.7 Å². The molecule has 1 saturated carbocycles. The first kappa shape index (κ1) is 24.0. The zero-order chi connectivity index (χ0) is 25.5. The lowest BCUT2D eigenvalue weighted by Crippen LogP contribution is -2.35. The Bertz CT molecular complexity index is 1350. The monoisotopic (exact) mass is 501 g/mol. The molecule has 1 saturated heterocycles. The number of halogens is 1. The minimum atomic E-state index is -0.535. The van der Waals surface area contributed by atoms with E-state index in [4.69, 9.17) is 4.98 Å². The fourth-order valence-electron chi connectivity index (χ4n) is 6.48. The molecule has 37 heavy (non-hydrogen) atoms. The first-order valence-corrected chi connectivity index (χ1v) is 13.2. The van der Waals surface area contributed by atoms with Crippen molar-refractivity contribution in [3.05, 3.63) is 75.9 Å². The van der Waals surface area contributed by atoms with Crippen molar-refractivity contribution in [3.63, 3.8) is 0 Å². The van der Waals surface area contributed by atoms with Crippen LogP contribution in [0.5, 0.6) is 5.75 Å². The third-order valence-corrected chi connectivity index (χ3v) is 8.40. The molecule has 4 N–H and O–H groups in total. The summed E-state index contributed by atoms with van der Waals surface area (Å²) in [5.41, 5.74) is 12.8. The number of aromatic nitrogens is 3. The molecule has 2 aromatic heterocycles. The van der Waals surface area contributed by atoms with Gasteiger partial charge in [-0.25, -0.2) is 19.8 Å². The number of phenols is 1. The molecule has 9 heteroatoms. The maximum Gasteiger partial charge on any atom is 0.165 e. The summed E-state index contributed by atoms with van der Waals surface area (Å²) in [7, 11) is 0. The zero-order valence-corrected chi connectivity index (χ0v) is 21.0. The molecule has 3 aliphatic rings. The number of hydrazine groups is 1. The van der Waals surface area contributed by atoms with Crippen molar-refractivity contribution in [2.45, 2.75) is 70.1 Å². The van der Waals surface area contributed by atoms with Crippen LogP contribution in [0.2, 0.25) is 0 Å². The molecular weight excluding hydrogens is 469 g/mol. The van der Waals surface area contributed by atoms with Gasteiger partial charge in [0.1, 0.15) is 17.6 Å². The lowest BCUT2D eigenvalue weighted by Gasteiger charge is -2.33. The highest BCUT2D eigenvalue weighted by Crippen LogP contribution is 2.44. The van der Waals surface area contributed by atoms with Gasteiger partial charge < -0.3 is 10.1 Å². The summed E-state index contributed by atoms with van der Waals surface area (Å²) in [5.74, 6) is 0.854. The normalized spacial score (nSPS) is 25.4. The number of nitriles is 1. The number of H-pyrrole nitrogens is 1. The topological polar surface area (TPSA) is 113 Å². The number of nitrogens with zero attached hydrogens (tertiary/aromatic N) is 4. The first-order chi connectivity index (χ1) is 18.0. The SMILES string of the molecule is CCc1cc(O)c(F)cc1C1CCC2C(C1)NNC2c1nc2c([nH]1)CN(Cc1cccnc1C#N)CC2. The number of benzene rings is 1. The minimum absolute atomic E-state index is 0.107. The van der Waals surface area contributed by atoms with E-state index >= 15 is 0 Å². The second kappa shape index (κ2) is 9.86. The second-order valence-electron chi connectivity index (χ2n) is 10.5. The smallest absolute Gasteiger partial charge is 0.165 e. The molecular formula is C28H32FN7O. The fraction of sp³-hybridized carbons (Fsp3) is 0.464. The Morgan fingerprint density at radius 3 is 2.97 bits per heavy atom. The number of phenolic OH excluding ortho intramolecular Hbond substituents is 1. The summed E-state index contributed by atoms with van der Waals surface area (Å²) < 4.78 is 14.2. The van der Waals surface area contributed by atoms with Crippen LogP contribution in [0.15, 0.2) is 30.5 Å². The summed E-state index contributed by atoms with van der Waals surface area (Å²) >= 11 is 0. The summed E-state index contributed by atoms with van der Waals surface area (Å²) in [6.45, 7) is 4.40. The van der Waals surface area contributed by atoms with Gasteiger partial charge >= 0.3 is 0 Å². The molecule has 4 heterocycles. The molecule has 4 unspecified atom stereocenters. The molecule has 0 radical (unpaired) electrons. The molecule has 1 aliphatic carbocycles. The summed E-state index contributed by atoms with van der Waals surface area (Å²) in [5, 5.41) is 19.2. The third-order valence-electron chi connectivity index (χ3n) is 8.40. The van der Waals surface area contributed by atoms with Crippen molar-refractivity contribution < 1.29 is 9.50 Å². The lowest BCUT2D eigenvalue weighted by atomic mass is 9.73. The van der Waals surface area contributed by atoms with E-state index in [0.717, 1.165) is 79.1 Å². The molecule has 4 atom stereocenters. The number of hydrogen-bond acceptors (Lipinski definition) is 7. The Kier molecular flexibility index (Phi) is 6.41. The van der Waals surface area contributed by atoms with Gasteiger partial charge in [-0.3, -0.25) is 10.3 Å². The molecule has 0 bridgehead atoms. The molecule has 3 aromatic rings. The van der Waals surface area contributed by atoms with E-state index in [0.29, 0.717) is 18.2 Å². The van der Waals surface area contributed by atoms with Crippen molar-refractivity contribution in [1.29, 1.82) is 5.26 Å². The summed E-state index contributed by atoms with van der Waals surface area (Å²) in [6.07, 6.45) is 6.23. The van der Waals surface area contributed by atoms with Crippen molar-refractivity contribution >= 4 is 0 Å². The van der Waals surface area contributed by atoms with Gasteiger partial charge in [-0.1, -0.05) is 13.0 Å². The number of aryl methyl sites for hydroxylation is 1. The predicted octanol–water partition coefficient (Wildman–Crippen LogP) is 3.74. The van der Waals surface area contributed by atoms with E-state index in [9.17, 15) is 14.8 Å². The number of imidazole rings is 1. The van der Waals surface area contributed by atoms with Gasteiger partial charge in [-0.15, -0.1) is 0 Å². The fourth-order valence-corrected chi connectivity index (χ4v) is 6.48. The molecule has 192 valence electrons. The molecule has 2 aliphatic heterocycles. The van der Waals surface area contributed by atoms with Gasteiger partial charge in [0.25, 0.3) is 0 Å². The highest BCUT2D eigenvalue weighted by Gasteiger charge is 2.43. The van der Waals surface area contributed by atoms with Crippen molar-refractivity contribution in [2.24, 2.45) is 5.92 Å². The van der Waals surface area contributed by atoms with Gasteiger partial charge in [-0.2, -0.15) is 5.26 Å². The molecule has 2 fully saturated rings. The van der Waals surface area contributed by atoms with E-state index in [1.165, 1.54) is 6.07 Å². The molecule has 1 aromatic carbocycles. The molecule has 8 nitrogen and oxygen atoms in total. The zero-order valence-electron chi connectivity index (χ0n) is 21.0. The van der Waals surface area contributed by atoms with Gasteiger partial charge in [-0.05, 0) is 66.8 Å². The number of nitrogens with one attached hydrogen (secondary N) is 3. The van der Waals surface area contributed by atoms with Crippen molar-refractivity contribution in [2.75, 3.05) is 6.54 Å². The number of hydrogen-bond donors (Lipinski definition) is 4.